The maximum absolute atomic E-state index is 12.4. The molecule has 5 nitrogen and oxygen atoms in total. The highest BCUT2D eigenvalue weighted by Crippen LogP contribution is 2.16. The van der Waals surface area contributed by atoms with Crippen molar-refractivity contribution in [2.75, 3.05) is 6.54 Å². The van der Waals surface area contributed by atoms with Gasteiger partial charge in [-0.3, -0.25) is 14.5 Å². The average Bonchev–Trinajstić information content (AvgIpc) is 2.82. The van der Waals surface area contributed by atoms with Gasteiger partial charge in [0, 0.05) is 13.0 Å². The number of amides is 2. The van der Waals surface area contributed by atoms with Crippen molar-refractivity contribution in [3.8, 4) is 0 Å². The summed E-state index contributed by atoms with van der Waals surface area (Å²) in [6.07, 6.45) is 8.10. The van der Waals surface area contributed by atoms with Gasteiger partial charge in [-0.05, 0) is 19.8 Å². The molecule has 2 rings (SSSR count). The van der Waals surface area contributed by atoms with Gasteiger partial charge in [0.05, 0.1) is 6.20 Å². The largest absolute Gasteiger partial charge is 0.361 e. The summed E-state index contributed by atoms with van der Waals surface area (Å²) in [7, 11) is 0. The van der Waals surface area contributed by atoms with Gasteiger partial charge in [0.25, 0.3) is 5.91 Å². The fourth-order valence-corrected chi connectivity index (χ4v) is 2.38. The second kappa shape index (κ2) is 6.50. The molecule has 104 valence electrons. The smallest absolute Gasteiger partial charge is 0.265 e. The standard InChI is InChI=1S/C14H20N2O3/c1-11-12(10-15-19-11)14(18)16-9-7-5-3-2-4-6-8-13(16)17/h10H,2-9H2,1H3. The molecular formula is C14H20N2O3. The van der Waals surface area contributed by atoms with Crippen LogP contribution in [0.3, 0.4) is 0 Å². The molecule has 1 aromatic rings. The minimum absolute atomic E-state index is 0.0764. The van der Waals surface area contributed by atoms with Crippen LogP contribution in [0.15, 0.2) is 10.7 Å². The molecule has 0 aromatic carbocycles. The molecule has 0 N–H and O–H groups in total. The highest BCUT2D eigenvalue weighted by Gasteiger charge is 2.25. The molecule has 1 aliphatic rings. The first-order chi connectivity index (χ1) is 9.20. The van der Waals surface area contributed by atoms with Crippen molar-refractivity contribution >= 4 is 11.8 Å². The lowest BCUT2D eigenvalue weighted by Crippen LogP contribution is -2.38. The number of imide groups is 1. The first-order valence-corrected chi connectivity index (χ1v) is 6.96. The molecule has 1 aliphatic heterocycles. The average molecular weight is 264 g/mol. The highest BCUT2D eigenvalue weighted by atomic mass is 16.5. The quantitative estimate of drug-likeness (QED) is 0.731. The van der Waals surface area contributed by atoms with E-state index in [1.54, 1.807) is 6.92 Å². The number of aromatic nitrogens is 1. The molecule has 2 heterocycles. The normalized spacial score (nSPS) is 18.4. The summed E-state index contributed by atoms with van der Waals surface area (Å²) in [4.78, 5) is 25.9. The van der Waals surface area contributed by atoms with Crippen LogP contribution in [-0.4, -0.2) is 28.4 Å². The molecule has 0 spiro atoms. The van der Waals surface area contributed by atoms with Gasteiger partial charge in [-0.2, -0.15) is 0 Å². The van der Waals surface area contributed by atoms with Gasteiger partial charge in [-0.1, -0.05) is 30.8 Å². The van der Waals surface area contributed by atoms with E-state index in [0.29, 0.717) is 24.3 Å². The minimum atomic E-state index is -0.274. The Kier molecular flexibility index (Phi) is 4.71. The van der Waals surface area contributed by atoms with Crippen LogP contribution in [0.25, 0.3) is 0 Å². The number of hydrogen-bond donors (Lipinski definition) is 0. The van der Waals surface area contributed by atoms with Crippen LogP contribution >= 0.6 is 0 Å². The maximum atomic E-state index is 12.4. The first-order valence-electron chi connectivity index (χ1n) is 6.96. The number of carbonyl (C=O) groups excluding carboxylic acids is 2. The molecule has 2 amide bonds. The molecule has 0 radical (unpaired) electrons. The summed E-state index contributed by atoms with van der Waals surface area (Å²) in [6.45, 7) is 2.19. The topological polar surface area (TPSA) is 63.4 Å². The van der Waals surface area contributed by atoms with Gasteiger partial charge in [0.1, 0.15) is 11.3 Å². The van der Waals surface area contributed by atoms with Crippen molar-refractivity contribution in [3.05, 3.63) is 17.5 Å². The van der Waals surface area contributed by atoms with Gasteiger partial charge >= 0.3 is 0 Å². The van der Waals surface area contributed by atoms with Gasteiger partial charge in [-0.15, -0.1) is 0 Å². The van der Waals surface area contributed by atoms with Crippen LogP contribution < -0.4 is 0 Å². The zero-order valence-electron chi connectivity index (χ0n) is 11.4. The SMILES string of the molecule is Cc1oncc1C(=O)N1CCCCCCCCC1=O. The third-order valence-corrected chi connectivity index (χ3v) is 3.55. The van der Waals surface area contributed by atoms with Crippen LogP contribution in [0.1, 0.15) is 61.1 Å². The molecule has 1 fully saturated rings. The first kappa shape index (κ1) is 13.8. The molecule has 0 aliphatic carbocycles. The second-order valence-electron chi connectivity index (χ2n) is 5.02. The Bertz CT molecular complexity index is 453. The van der Waals surface area contributed by atoms with Crippen molar-refractivity contribution in [3.63, 3.8) is 0 Å². The molecule has 0 saturated carbocycles. The molecule has 1 saturated heterocycles. The summed E-state index contributed by atoms with van der Waals surface area (Å²) < 4.78 is 4.90. The van der Waals surface area contributed by atoms with Crippen LogP contribution in [-0.2, 0) is 4.79 Å². The Morgan fingerprint density at radius 1 is 1.21 bits per heavy atom. The van der Waals surface area contributed by atoms with E-state index in [1.165, 1.54) is 23.9 Å². The van der Waals surface area contributed by atoms with E-state index in [1.807, 2.05) is 0 Å². The van der Waals surface area contributed by atoms with E-state index in [4.69, 9.17) is 4.52 Å². The predicted molar refractivity (Wildman–Crippen MR) is 69.6 cm³/mol. The number of nitrogens with zero attached hydrogens (tertiary/aromatic N) is 2. The van der Waals surface area contributed by atoms with E-state index in [2.05, 4.69) is 5.16 Å². The van der Waals surface area contributed by atoms with Gasteiger partial charge in [0.2, 0.25) is 5.91 Å². The third-order valence-electron chi connectivity index (χ3n) is 3.55. The Balaban J connectivity index is 2.11. The fourth-order valence-electron chi connectivity index (χ4n) is 2.38. The number of carbonyl (C=O) groups is 2. The van der Waals surface area contributed by atoms with Gasteiger partial charge < -0.3 is 4.52 Å². The Labute approximate surface area is 112 Å². The van der Waals surface area contributed by atoms with E-state index in [-0.39, 0.29) is 11.8 Å². The lowest BCUT2D eigenvalue weighted by molar-refractivity contribution is -0.128. The van der Waals surface area contributed by atoms with Crippen LogP contribution in [0.4, 0.5) is 0 Å². The maximum Gasteiger partial charge on any atom is 0.265 e. The monoisotopic (exact) mass is 264 g/mol. The summed E-state index contributed by atoms with van der Waals surface area (Å²) in [6, 6.07) is 0. The molecule has 19 heavy (non-hydrogen) atoms. The van der Waals surface area contributed by atoms with Crippen molar-refractivity contribution in [2.45, 2.75) is 51.9 Å². The molecule has 1 aromatic heterocycles. The van der Waals surface area contributed by atoms with E-state index >= 15 is 0 Å². The van der Waals surface area contributed by atoms with Crippen molar-refractivity contribution in [1.29, 1.82) is 0 Å². The number of rotatable bonds is 1. The summed E-state index contributed by atoms with van der Waals surface area (Å²) in [5.41, 5.74) is 0.394. The molecule has 0 atom stereocenters. The van der Waals surface area contributed by atoms with Crippen LogP contribution in [0.2, 0.25) is 0 Å². The van der Waals surface area contributed by atoms with Crippen LogP contribution in [0.5, 0.6) is 0 Å². The Morgan fingerprint density at radius 2 is 1.89 bits per heavy atom. The van der Waals surface area contributed by atoms with Crippen molar-refractivity contribution in [1.82, 2.24) is 10.1 Å². The second-order valence-corrected chi connectivity index (χ2v) is 5.02. The van der Waals surface area contributed by atoms with Crippen LogP contribution in [0, 0.1) is 6.92 Å². The summed E-state index contributed by atoms with van der Waals surface area (Å²) in [5, 5.41) is 3.60. The minimum Gasteiger partial charge on any atom is -0.361 e. The van der Waals surface area contributed by atoms with E-state index in [0.717, 1.165) is 25.7 Å². The number of hydrogen-bond acceptors (Lipinski definition) is 4. The van der Waals surface area contributed by atoms with Crippen molar-refractivity contribution < 1.29 is 14.1 Å². The molecule has 0 unspecified atom stereocenters. The third kappa shape index (κ3) is 3.43. The van der Waals surface area contributed by atoms with Gasteiger partial charge in [0.15, 0.2) is 0 Å². The summed E-state index contributed by atoms with van der Waals surface area (Å²) >= 11 is 0. The fraction of sp³-hybridized carbons (Fsp3) is 0.643. The Hall–Kier alpha value is -1.65. The molecule has 5 heteroatoms. The highest BCUT2D eigenvalue weighted by molar-refractivity contribution is 6.05. The zero-order valence-corrected chi connectivity index (χ0v) is 11.4. The molecular weight excluding hydrogens is 244 g/mol. The van der Waals surface area contributed by atoms with Gasteiger partial charge in [-0.25, -0.2) is 0 Å². The van der Waals surface area contributed by atoms with E-state index in [9.17, 15) is 9.59 Å². The Morgan fingerprint density at radius 3 is 2.58 bits per heavy atom. The summed E-state index contributed by atoms with van der Waals surface area (Å²) in [5.74, 6) is 0.117. The lowest BCUT2D eigenvalue weighted by Gasteiger charge is -2.21. The van der Waals surface area contributed by atoms with E-state index < -0.39 is 0 Å². The van der Waals surface area contributed by atoms with Crippen molar-refractivity contribution in [2.24, 2.45) is 0 Å². The zero-order chi connectivity index (χ0) is 13.7. The number of aryl methyl sites for hydroxylation is 1. The predicted octanol–water partition coefficient (Wildman–Crippen LogP) is 2.70. The molecule has 0 bridgehead atoms. The lowest BCUT2D eigenvalue weighted by atomic mass is 10.1.